The number of halogens is 5. The third-order valence-corrected chi connectivity index (χ3v) is 2.52. The fourth-order valence-corrected chi connectivity index (χ4v) is 1.63. The summed E-state index contributed by atoms with van der Waals surface area (Å²) in [6.45, 7) is 0. The van der Waals surface area contributed by atoms with Crippen LogP contribution in [0.5, 0.6) is 11.5 Å². The molecule has 1 aliphatic rings. The molecule has 0 aliphatic carbocycles. The van der Waals surface area contributed by atoms with Crippen LogP contribution in [0.3, 0.4) is 0 Å². The van der Waals surface area contributed by atoms with Gasteiger partial charge in [0.15, 0.2) is 16.6 Å². The van der Waals surface area contributed by atoms with Gasteiger partial charge in [0.05, 0.1) is 10.7 Å². The van der Waals surface area contributed by atoms with E-state index >= 15 is 0 Å². The quantitative estimate of drug-likeness (QED) is 0.616. The Labute approximate surface area is 114 Å². The van der Waals surface area contributed by atoms with Gasteiger partial charge in [-0.05, 0) is 12.2 Å². The molecule has 0 aromatic heterocycles. The number of benzene rings is 1. The molecular weight excluding hydrogens is 312 g/mol. The molecule has 0 fully saturated rings. The summed E-state index contributed by atoms with van der Waals surface area (Å²) in [6, 6.07) is 1.82. The van der Waals surface area contributed by atoms with Gasteiger partial charge in [-0.2, -0.15) is 17.6 Å². The summed E-state index contributed by atoms with van der Waals surface area (Å²) >= 11 is 10.3. The molecule has 0 radical (unpaired) electrons. The molecule has 1 heterocycles. The second kappa shape index (κ2) is 4.27. The molecule has 4 nitrogen and oxygen atoms in total. The Bertz CT molecular complexity index is 555. The molecule has 0 amide bonds. The summed E-state index contributed by atoms with van der Waals surface area (Å²) in [6.07, 6.45) is -9.59. The van der Waals surface area contributed by atoms with Crippen molar-refractivity contribution in [2.24, 2.45) is 5.73 Å². The van der Waals surface area contributed by atoms with Crippen LogP contribution in [-0.4, -0.2) is 17.3 Å². The number of rotatable bonds is 1. The Kier molecular flexibility index (Phi) is 3.13. The Morgan fingerprint density at radius 2 is 1.63 bits per heavy atom. The first-order valence-electron chi connectivity index (χ1n) is 4.66. The normalized spacial score (nSPS) is 18.8. The van der Waals surface area contributed by atoms with Crippen LogP contribution in [0.2, 0.25) is 5.02 Å². The first kappa shape index (κ1) is 13.9. The first-order valence-corrected chi connectivity index (χ1v) is 5.45. The fourth-order valence-electron chi connectivity index (χ4n) is 1.32. The van der Waals surface area contributed by atoms with Gasteiger partial charge in [0, 0.05) is 12.1 Å². The molecule has 0 spiro atoms. The van der Waals surface area contributed by atoms with Crippen LogP contribution in [0.15, 0.2) is 12.1 Å². The lowest BCUT2D eigenvalue weighted by Gasteiger charge is -2.32. The van der Waals surface area contributed by atoms with Gasteiger partial charge in [-0.1, -0.05) is 11.6 Å². The molecule has 0 saturated heterocycles. The highest BCUT2D eigenvalue weighted by molar-refractivity contribution is 7.80. The smallest absolute Gasteiger partial charge is 0.421 e. The van der Waals surface area contributed by atoms with E-state index in [0.717, 1.165) is 12.1 Å². The second-order valence-corrected chi connectivity index (χ2v) is 4.35. The number of fused-ring (bicyclic) bond motifs is 1. The molecule has 1 aromatic carbocycles. The van der Waals surface area contributed by atoms with Crippen LogP contribution in [0, 0.1) is 0 Å². The lowest BCUT2D eigenvalue weighted by Crippen LogP contribution is -2.52. The Hall–Kier alpha value is -1.48. The summed E-state index contributed by atoms with van der Waals surface area (Å²) in [7, 11) is 0. The van der Waals surface area contributed by atoms with Crippen LogP contribution < -0.4 is 20.5 Å². The average Bonchev–Trinajstić information content (AvgIpc) is 2.21. The standard InChI is InChI=1S/C9H5ClF4N2O2S/c10-3-1-5-6(2-4(3)16-7(15)19)18-9(13,14)8(11,12)17-5/h1-2H,(H3,15,16,19). The maximum atomic E-state index is 13.0. The molecule has 0 saturated carbocycles. The third-order valence-electron chi connectivity index (χ3n) is 2.11. The highest BCUT2D eigenvalue weighted by Crippen LogP contribution is 2.49. The van der Waals surface area contributed by atoms with Crippen molar-refractivity contribution in [3.8, 4) is 11.5 Å². The minimum absolute atomic E-state index is 0.0255. The van der Waals surface area contributed by atoms with Crippen molar-refractivity contribution in [2.75, 3.05) is 5.32 Å². The molecule has 3 N–H and O–H groups in total. The van der Waals surface area contributed by atoms with Gasteiger partial charge in [-0.15, -0.1) is 0 Å². The minimum atomic E-state index is -4.80. The van der Waals surface area contributed by atoms with Gasteiger partial charge >= 0.3 is 12.2 Å². The highest BCUT2D eigenvalue weighted by Gasteiger charge is 2.66. The first-order chi connectivity index (χ1) is 8.62. The van der Waals surface area contributed by atoms with E-state index in [1.54, 1.807) is 0 Å². The van der Waals surface area contributed by atoms with Crippen molar-refractivity contribution in [3.63, 3.8) is 0 Å². The Balaban J connectivity index is 2.45. The van der Waals surface area contributed by atoms with Gasteiger partial charge < -0.3 is 20.5 Å². The molecular formula is C9H5ClF4N2O2S. The largest absolute Gasteiger partial charge is 0.507 e. The highest BCUT2D eigenvalue weighted by atomic mass is 35.5. The zero-order valence-corrected chi connectivity index (χ0v) is 10.4. The molecule has 104 valence electrons. The zero-order chi connectivity index (χ0) is 14.4. The predicted molar refractivity (Wildman–Crippen MR) is 63.0 cm³/mol. The van der Waals surface area contributed by atoms with E-state index in [4.69, 9.17) is 17.3 Å². The number of alkyl halides is 4. The van der Waals surface area contributed by atoms with E-state index in [2.05, 4.69) is 27.0 Å². The lowest BCUT2D eigenvalue weighted by atomic mass is 10.2. The van der Waals surface area contributed by atoms with Gasteiger partial charge in [-0.3, -0.25) is 0 Å². The molecule has 0 unspecified atom stereocenters. The molecule has 1 aromatic rings. The maximum Gasteiger partial charge on any atom is 0.507 e. The van der Waals surface area contributed by atoms with Crippen molar-refractivity contribution in [3.05, 3.63) is 17.2 Å². The van der Waals surface area contributed by atoms with Crippen LogP contribution in [-0.2, 0) is 0 Å². The van der Waals surface area contributed by atoms with E-state index in [1.807, 2.05) is 0 Å². The van der Waals surface area contributed by atoms with Gasteiger partial charge in [0.2, 0.25) is 0 Å². The molecule has 2 rings (SSSR count). The van der Waals surface area contributed by atoms with Crippen molar-refractivity contribution >= 4 is 34.6 Å². The molecule has 0 bridgehead atoms. The van der Waals surface area contributed by atoms with E-state index in [9.17, 15) is 17.6 Å². The summed E-state index contributed by atoms with van der Waals surface area (Å²) in [5, 5.41) is 2.10. The number of hydrogen-bond acceptors (Lipinski definition) is 3. The summed E-state index contributed by atoms with van der Waals surface area (Å²) in [5.41, 5.74) is 5.21. The summed E-state index contributed by atoms with van der Waals surface area (Å²) in [4.78, 5) is 0. The summed E-state index contributed by atoms with van der Waals surface area (Å²) in [5.74, 6) is -1.23. The van der Waals surface area contributed by atoms with E-state index < -0.39 is 23.7 Å². The molecule has 1 aliphatic heterocycles. The maximum absolute atomic E-state index is 13.0. The minimum Gasteiger partial charge on any atom is -0.421 e. The van der Waals surface area contributed by atoms with Crippen LogP contribution in [0.4, 0.5) is 23.2 Å². The second-order valence-electron chi connectivity index (χ2n) is 3.51. The third kappa shape index (κ3) is 2.47. The van der Waals surface area contributed by atoms with Gasteiger partial charge in [0.25, 0.3) is 0 Å². The SMILES string of the molecule is NC(=S)Nc1cc2c(cc1Cl)OC(F)(F)C(F)(F)O2. The number of thiocarbonyl (C=S) groups is 1. The van der Waals surface area contributed by atoms with Crippen LogP contribution >= 0.6 is 23.8 Å². The van der Waals surface area contributed by atoms with Crippen molar-refractivity contribution < 1.29 is 27.0 Å². The van der Waals surface area contributed by atoms with E-state index in [-0.39, 0.29) is 15.8 Å². The molecule has 10 heteroatoms. The number of nitrogens with one attached hydrogen (secondary N) is 1. The van der Waals surface area contributed by atoms with E-state index in [1.165, 1.54) is 0 Å². The fraction of sp³-hybridized carbons (Fsp3) is 0.222. The van der Waals surface area contributed by atoms with Gasteiger partial charge in [0.1, 0.15) is 0 Å². The number of nitrogens with two attached hydrogens (primary N) is 1. The van der Waals surface area contributed by atoms with Crippen molar-refractivity contribution in [2.45, 2.75) is 12.2 Å². The zero-order valence-electron chi connectivity index (χ0n) is 8.85. The van der Waals surface area contributed by atoms with Gasteiger partial charge in [-0.25, -0.2) is 0 Å². The Morgan fingerprint density at radius 3 is 2.11 bits per heavy atom. The number of ether oxygens (including phenoxy) is 2. The Morgan fingerprint density at radius 1 is 1.16 bits per heavy atom. The average molecular weight is 317 g/mol. The predicted octanol–water partition coefficient (Wildman–Crippen LogP) is 2.95. The monoisotopic (exact) mass is 316 g/mol. The van der Waals surface area contributed by atoms with Crippen LogP contribution in [0.1, 0.15) is 0 Å². The topological polar surface area (TPSA) is 56.5 Å². The van der Waals surface area contributed by atoms with Crippen molar-refractivity contribution in [1.29, 1.82) is 0 Å². The number of hydrogen-bond donors (Lipinski definition) is 2. The van der Waals surface area contributed by atoms with Crippen molar-refractivity contribution in [1.82, 2.24) is 0 Å². The lowest BCUT2D eigenvalue weighted by molar-refractivity contribution is -0.391. The number of anilines is 1. The summed E-state index contributed by atoms with van der Waals surface area (Å²) < 4.78 is 59.5. The molecule has 0 atom stereocenters. The van der Waals surface area contributed by atoms with E-state index in [0.29, 0.717) is 0 Å². The molecule has 19 heavy (non-hydrogen) atoms. The van der Waals surface area contributed by atoms with Crippen LogP contribution in [0.25, 0.3) is 0 Å².